The summed E-state index contributed by atoms with van der Waals surface area (Å²) in [5, 5.41) is 11.9. The Balaban J connectivity index is 4.48. The lowest BCUT2D eigenvalue weighted by molar-refractivity contribution is -0.149. The Bertz CT molecular complexity index is 299. The molecule has 1 unspecified atom stereocenters. The second-order valence-electron chi connectivity index (χ2n) is 6.05. The van der Waals surface area contributed by atoms with Gasteiger partial charge in [0.1, 0.15) is 0 Å². The van der Waals surface area contributed by atoms with Crippen LogP contribution in [-0.2, 0) is 9.59 Å². The van der Waals surface area contributed by atoms with Crippen molar-refractivity contribution in [1.82, 2.24) is 10.2 Å². The monoisotopic (exact) mass is 258 g/mol. The van der Waals surface area contributed by atoms with Crippen LogP contribution in [0.25, 0.3) is 0 Å². The highest BCUT2D eigenvalue weighted by molar-refractivity contribution is 5.84. The van der Waals surface area contributed by atoms with Crippen LogP contribution in [0.1, 0.15) is 34.1 Å². The number of hydrogen-bond donors (Lipinski definition) is 2. The van der Waals surface area contributed by atoms with Gasteiger partial charge in [-0.1, -0.05) is 13.8 Å². The number of likely N-dealkylation sites (N-methyl/N-ethyl adjacent to an activating group) is 1. The molecular formula is C13H26N2O3. The van der Waals surface area contributed by atoms with Crippen molar-refractivity contribution in [3.8, 4) is 0 Å². The van der Waals surface area contributed by atoms with Gasteiger partial charge >= 0.3 is 5.97 Å². The average Bonchev–Trinajstić information content (AvgIpc) is 2.14. The van der Waals surface area contributed by atoms with E-state index in [2.05, 4.69) is 5.32 Å². The lowest BCUT2D eigenvalue weighted by Gasteiger charge is -2.27. The number of hydrogen-bond acceptors (Lipinski definition) is 3. The molecule has 0 saturated heterocycles. The van der Waals surface area contributed by atoms with Gasteiger partial charge in [0.05, 0.1) is 5.41 Å². The Morgan fingerprint density at radius 3 is 2.11 bits per heavy atom. The second-order valence-corrected chi connectivity index (χ2v) is 6.05. The number of amides is 1. The van der Waals surface area contributed by atoms with Gasteiger partial charge in [-0.3, -0.25) is 9.59 Å². The van der Waals surface area contributed by atoms with E-state index in [9.17, 15) is 9.59 Å². The molecule has 0 heterocycles. The lowest BCUT2D eigenvalue weighted by atomic mass is 9.89. The van der Waals surface area contributed by atoms with Crippen molar-refractivity contribution in [2.45, 2.75) is 40.2 Å². The maximum atomic E-state index is 11.9. The predicted octanol–water partition coefficient (Wildman–Crippen LogP) is 1.19. The Labute approximate surface area is 110 Å². The van der Waals surface area contributed by atoms with Crippen LogP contribution >= 0.6 is 0 Å². The largest absolute Gasteiger partial charge is 0.481 e. The topological polar surface area (TPSA) is 69.6 Å². The molecule has 0 saturated carbocycles. The van der Waals surface area contributed by atoms with Gasteiger partial charge in [0, 0.05) is 19.0 Å². The standard InChI is InChI=1S/C13H26N2O3/c1-9(2)10(8-15(5)6)14-11(16)7-13(3,4)12(17)18/h9-10H,7-8H2,1-6H3,(H,14,16)(H,17,18). The first kappa shape index (κ1) is 16.9. The van der Waals surface area contributed by atoms with Crippen molar-refractivity contribution in [2.24, 2.45) is 11.3 Å². The number of carboxylic acid groups (broad SMARTS) is 1. The van der Waals surface area contributed by atoms with Crippen LogP contribution in [0.2, 0.25) is 0 Å². The van der Waals surface area contributed by atoms with Crippen LogP contribution < -0.4 is 5.32 Å². The summed E-state index contributed by atoms with van der Waals surface area (Å²) in [6, 6.07) is 0.0390. The van der Waals surface area contributed by atoms with E-state index < -0.39 is 11.4 Å². The van der Waals surface area contributed by atoms with Gasteiger partial charge in [-0.15, -0.1) is 0 Å². The highest BCUT2D eigenvalue weighted by Gasteiger charge is 2.31. The highest BCUT2D eigenvalue weighted by atomic mass is 16.4. The van der Waals surface area contributed by atoms with Crippen molar-refractivity contribution in [3.05, 3.63) is 0 Å². The first-order chi connectivity index (χ1) is 8.06. The molecular weight excluding hydrogens is 232 g/mol. The number of carboxylic acids is 1. The smallest absolute Gasteiger partial charge is 0.309 e. The van der Waals surface area contributed by atoms with Gasteiger partial charge in [-0.05, 0) is 33.9 Å². The molecule has 0 rings (SSSR count). The average molecular weight is 258 g/mol. The quantitative estimate of drug-likeness (QED) is 0.719. The van der Waals surface area contributed by atoms with Crippen molar-refractivity contribution < 1.29 is 14.7 Å². The zero-order valence-electron chi connectivity index (χ0n) is 12.3. The number of carbonyl (C=O) groups is 2. The fraction of sp³-hybridized carbons (Fsp3) is 0.846. The summed E-state index contributed by atoms with van der Waals surface area (Å²) in [6.07, 6.45) is -0.00101. The van der Waals surface area contributed by atoms with Crippen molar-refractivity contribution in [3.63, 3.8) is 0 Å². The lowest BCUT2D eigenvalue weighted by Crippen LogP contribution is -2.46. The molecule has 0 spiro atoms. The van der Waals surface area contributed by atoms with Gasteiger partial charge in [0.25, 0.3) is 0 Å². The van der Waals surface area contributed by atoms with E-state index in [0.29, 0.717) is 5.92 Å². The first-order valence-electron chi connectivity index (χ1n) is 6.23. The molecule has 18 heavy (non-hydrogen) atoms. The molecule has 0 fully saturated rings. The summed E-state index contributed by atoms with van der Waals surface area (Å²) in [5.74, 6) is -0.849. The number of nitrogens with one attached hydrogen (secondary N) is 1. The predicted molar refractivity (Wildman–Crippen MR) is 71.4 cm³/mol. The Morgan fingerprint density at radius 2 is 1.78 bits per heavy atom. The highest BCUT2D eigenvalue weighted by Crippen LogP contribution is 2.20. The zero-order chi connectivity index (χ0) is 14.5. The minimum atomic E-state index is -1.02. The normalized spacial score (nSPS) is 13.8. The Hall–Kier alpha value is -1.10. The van der Waals surface area contributed by atoms with E-state index in [0.717, 1.165) is 6.54 Å². The third kappa shape index (κ3) is 6.00. The maximum absolute atomic E-state index is 11.9. The van der Waals surface area contributed by atoms with E-state index in [1.165, 1.54) is 0 Å². The Kier molecular flexibility index (Phi) is 6.32. The molecule has 106 valence electrons. The third-order valence-electron chi connectivity index (χ3n) is 2.89. The van der Waals surface area contributed by atoms with E-state index in [4.69, 9.17) is 5.11 Å². The summed E-state index contributed by atoms with van der Waals surface area (Å²) >= 11 is 0. The molecule has 0 aliphatic rings. The summed E-state index contributed by atoms with van der Waals surface area (Å²) in [6.45, 7) is 7.95. The van der Waals surface area contributed by atoms with Crippen LogP contribution in [-0.4, -0.2) is 48.6 Å². The number of rotatable bonds is 7. The zero-order valence-corrected chi connectivity index (χ0v) is 12.3. The molecule has 5 heteroatoms. The molecule has 0 bridgehead atoms. The molecule has 5 nitrogen and oxygen atoms in total. The molecule has 1 atom stereocenters. The minimum Gasteiger partial charge on any atom is -0.481 e. The van der Waals surface area contributed by atoms with E-state index in [1.54, 1.807) is 13.8 Å². The third-order valence-corrected chi connectivity index (χ3v) is 2.89. The number of carbonyl (C=O) groups excluding carboxylic acids is 1. The van der Waals surface area contributed by atoms with Crippen LogP contribution in [0.4, 0.5) is 0 Å². The van der Waals surface area contributed by atoms with E-state index in [-0.39, 0.29) is 18.4 Å². The molecule has 1 amide bonds. The van der Waals surface area contributed by atoms with E-state index >= 15 is 0 Å². The van der Waals surface area contributed by atoms with E-state index in [1.807, 2.05) is 32.8 Å². The molecule has 0 aromatic heterocycles. The van der Waals surface area contributed by atoms with Gasteiger partial charge in [-0.2, -0.15) is 0 Å². The van der Waals surface area contributed by atoms with Gasteiger partial charge in [0.15, 0.2) is 0 Å². The fourth-order valence-corrected chi connectivity index (χ4v) is 1.55. The molecule has 2 N–H and O–H groups in total. The van der Waals surface area contributed by atoms with Gasteiger partial charge in [-0.25, -0.2) is 0 Å². The molecule has 0 aromatic carbocycles. The first-order valence-corrected chi connectivity index (χ1v) is 6.23. The molecule has 0 radical (unpaired) electrons. The maximum Gasteiger partial charge on any atom is 0.309 e. The van der Waals surface area contributed by atoms with Crippen molar-refractivity contribution in [2.75, 3.05) is 20.6 Å². The van der Waals surface area contributed by atoms with Crippen LogP contribution in [0, 0.1) is 11.3 Å². The van der Waals surface area contributed by atoms with Crippen molar-refractivity contribution >= 4 is 11.9 Å². The van der Waals surface area contributed by atoms with Gasteiger partial charge in [0.2, 0.25) is 5.91 Å². The summed E-state index contributed by atoms with van der Waals surface area (Å²) in [5.41, 5.74) is -1.02. The second kappa shape index (κ2) is 6.73. The summed E-state index contributed by atoms with van der Waals surface area (Å²) in [4.78, 5) is 24.8. The Morgan fingerprint density at radius 1 is 1.28 bits per heavy atom. The van der Waals surface area contributed by atoms with Gasteiger partial charge < -0.3 is 15.3 Å². The summed E-state index contributed by atoms with van der Waals surface area (Å²) < 4.78 is 0. The SMILES string of the molecule is CC(C)C(CN(C)C)NC(=O)CC(C)(C)C(=O)O. The molecule has 0 aliphatic carbocycles. The molecule has 0 aliphatic heterocycles. The van der Waals surface area contributed by atoms with Crippen LogP contribution in [0.15, 0.2) is 0 Å². The number of nitrogens with zero attached hydrogens (tertiary/aromatic N) is 1. The van der Waals surface area contributed by atoms with Crippen LogP contribution in [0.3, 0.4) is 0 Å². The van der Waals surface area contributed by atoms with Crippen molar-refractivity contribution in [1.29, 1.82) is 0 Å². The minimum absolute atomic E-state index is 0.00101. The summed E-state index contributed by atoms with van der Waals surface area (Å²) in [7, 11) is 3.89. The van der Waals surface area contributed by atoms with Crippen LogP contribution in [0.5, 0.6) is 0 Å². The number of aliphatic carboxylic acids is 1. The fourth-order valence-electron chi connectivity index (χ4n) is 1.55. The molecule has 0 aromatic rings.